The van der Waals surface area contributed by atoms with Crippen LogP contribution in [0.4, 0.5) is 0 Å². The van der Waals surface area contributed by atoms with E-state index in [0.29, 0.717) is 17.2 Å². The lowest BCUT2D eigenvalue weighted by atomic mass is 10.1. The lowest BCUT2D eigenvalue weighted by Crippen LogP contribution is -2.02. The van der Waals surface area contributed by atoms with Crippen LogP contribution in [-0.2, 0) is 6.42 Å². The Balaban J connectivity index is 2.63. The average molecular weight is 211 g/mol. The van der Waals surface area contributed by atoms with Crippen LogP contribution in [0.15, 0.2) is 16.7 Å². The van der Waals surface area contributed by atoms with Crippen molar-refractivity contribution in [2.45, 2.75) is 13.3 Å². The molecule has 2 rings (SSSR count). The first kappa shape index (κ1) is 9.49. The number of nitrogens with zero attached hydrogens (tertiary/aromatic N) is 1. The molecule has 0 aliphatic carbocycles. The monoisotopic (exact) mass is 210 g/mol. The van der Waals surface area contributed by atoms with Gasteiger partial charge in [-0.25, -0.2) is 0 Å². The van der Waals surface area contributed by atoms with Crippen molar-refractivity contribution in [2.75, 3.05) is 6.54 Å². The second kappa shape index (κ2) is 3.59. The van der Waals surface area contributed by atoms with Gasteiger partial charge in [-0.3, -0.25) is 0 Å². The van der Waals surface area contributed by atoms with Gasteiger partial charge in [0, 0.05) is 5.39 Å². The Morgan fingerprint density at radius 2 is 2.29 bits per heavy atom. The molecule has 14 heavy (non-hydrogen) atoms. The Labute approximate surface area is 86.8 Å². The molecule has 1 aromatic heterocycles. The van der Waals surface area contributed by atoms with Gasteiger partial charge in [-0.05, 0) is 37.6 Å². The summed E-state index contributed by atoms with van der Waals surface area (Å²) in [5.41, 5.74) is 8.13. The number of hydrogen-bond donors (Lipinski definition) is 1. The summed E-state index contributed by atoms with van der Waals surface area (Å²) in [7, 11) is 0. The maximum absolute atomic E-state index is 6.04. The van der Waals surface area contributed by atoms with E-state index in [9.17, 15) is 0 Å². The highest BCUT2D eigenvalue weighted by Gasteiger charge is 2.09. The molecule has 0 atom stereocenters. The molecule has 4 heteroatoms. The lowest BCUT2D eigenvalue weighted by Gasteiger charge is -1.99. The van der Waals surface area contributed by atoms with Crippen LogP contribution in [0, 0.1) is 6.92 Å². The zero-order chi connectivity index (χ0) is 10.1. The van der Waals surface area contributed by atoms with Crippen molar-refractivity contribution in [2.24, 2.45) is 5.73 Å². The third-order valence-electron chi connectivity index (χ3n) is 2.20. The standard InChI is InChI=1S/C10H11ClN2O/c1-6-8-4-7(2-3-12)5-9(11)10(8)14-13-6/h4-5H,2-3,12H2,1H3. The largest absolute Gasteiger partial charge is 0.354 e. The number of halogens is 1. The van der Waals surface area contributed by atoms with E-state index in [1.54, 1.807) is 0 Å². The summed E-state index contributed by atoms with van der Waals surface area (Å²) in [4.78, 5) is 0. The molecule has 2 aromatic rings. The predicted octanol–water partition coefficient (Wildman–Crippen LogP) is 2.29. The Bertz CT molecular complexity index is 464. The smallest absolute Gasteiger partial charge is 0.185 e. The van der Waals surface area contributed by atoms with E-state index in [0.717, 1.165) is 23.1 Å². The number of hydrogen-bond acceptors (Lipinski definition) is 3. The molecular formula is C10H11ClN2O. The molecule has 1 aromatic carbocycles. The van der Waals surface area contributed by atoms with Crippen LogP contribution in [0.25, 0.3) is 11.0 Å². The Hall–Kier alpha value is -1.06. The normalized spacial score (nSPS) is 11.1. The molecule has 1 heterocycles. The van der Waals surface area contributed by atoms with Crippen LogP contribution in [0.3, 0.4) is 0 Å². The summed E-state index contributed by atoms with van der Waals surface area (Å²) in [6.07, 6.45) is 0.820. The first-order valence-electron chi connectivity index (χ1n) is 4.47. The average Bonchev–Trinajstić information content (AvgIpc) is 2.49. The Morgan fingerprint density at radius 1 is 1.50 bits per heavy atom. The van der Waals surface area contributed by atoms with Crippen molar-refractivity contribution in [1.29, 1.82) is 0 Å². The van der Waals surface area contributed by atoms with Crippen LogP contribution in [0.5, 0.6) is 0 Å². The minimum absolute atomic E-state index is 0.603. The maximum Gasteiger partial charge on any atom is 0.185 e. The molecule has 0 unspecified atom stereocenters. The fraction of sp³-hybridized carbons (Fsp3) is 0.300. The molecule has 3 nitrogen and oxygen atoms in total. The van der Waals surface area contributed by atoms with Crippen LogP contribution < -0.4 is 5.73 Å². The molecular weight excluding hydrogens is 200 g/mol. The fourth-order valence-electron chi connectivity index (χ4n) is 1.49. The van der Waals surface area contributed by atoms with Crippen molar-refractivity contribution in [3.05, 3.63) is 28.4 Å². The summed E-state index contributed by atoms with van der Waals surface area (Å²) in [6, 6.07) is 3.90. The van der Waals surface area contributed by atoms with Gasteiger partial charge >= 0.3 is 0 Å². The van der Waals surface area contributed by atoms with Crippen molar-refractivity contribution in [1.82, 2.24) is 5.16 Å². The highest BCUT2D eigenvalue weighted by Crippen LogP contribution is 2.27. The van der Waals surface area contributed by atoms with Crippen LogP contribution in [-0.4, -0.2) is 11.7 Å². The number of aryl methyl sites for hydroxylation is 1. The maximum atomic E-state index is 6.04. The molecule has 0 aliphatic heterocycles. The third kappa shape index (κ3) is 1.49. The van der Waals surface area contributed by atoms with Crippen LogP contribution in [0.2, 0.25) is 5.02 Å². The number of benzene rings is 1. The predicted molar refractivity (Wildman–Crippen MR) is 56.5 cm³/mol. The zero-order valence-electron chi connectivity index (χ0n) is 7.88. The summed E-state index contributed by atoms with van der Waals surface area (Å²) in [5.74, 6) is 0. The molecule has 0 spiro atoms. The van der Waals surface area contributed by atoms with Gasteiger partial charge in [0.1, 0.15) is 0 Å². The minimum Gasteiger partial charge on any atom is -0.354 e. The molecule has 0 saturated heterocycles. The Kier molecular flexibility index (Phi) is 2.44. The van der Waals surface area contributed by atoms with E-state index in [2.05, 4.69) is 5.16 Å². The van der Waals surface area contributed by atoms with Gasteiger partial charge < -0.3 is 10.3 Å². The fourth-order valence-corrected chi connectivity index (χ4v) is 1.76. The van der Waals surface area contributed by atoms with Crippen molar-refractivity contribution in [3.8, 4) is 0 Å². The number of nitrogens with two attached hydrogens (primary N) is 1. The van der Waals surface area contributed by atoms with E-state index in [-0.39, 0.29) is 0 Å². The molecule has 0 amide bonds. The second-order valence-electron chi connectivity index (χ2n) is 3.26. The zero-order valence-corrected chi connectivity index (χ0v) is 8.64. The van der Waals surface area contributed by atoms with Crippen molar-refractivity contribution < 1.29 is 4.52 Å². The van der Waals surface area contributed by atoms with E-state index in [4.69, 9.17) is 21.9 Å². The third-order valence-corrected chi connectivity index (χ3v) is 2.48. The molecule has 0 saturated carbocycles. The van der Waals surface area contributed by atoms with Gasteiger partial charge in [0.05, 0.1) is 10.7 Å². The van der Waals surface area contributed by atoms with E-state index < -0.39 is 0 Å². The number of aromatic nitrogens is 1. The minimum atomic E-state index is 0.603. The first-order valence-corrected chi connectivity index (χ1v) is 4.84. The van der Waals surface area contributed by atoms with Gasteiger partial charge in [0.15, 0.2) is 5.58 Å². The summed E-state index contributed by atoms with van der Waals surface area (Å²) >= 11 is 6.04. The summed E-state index contributed by atoms with van der Waals surface area (Å²) < 4.78 is 5.10. The Morgan fingerprint density at radius 3 is 3.00 bits per heavy atom. The van der Waals surface area contributed by atoms with Crippen molar-refractivity contribution in [3.63, 3.8) is 0 Å². The molecule has 2 N–H and O–H groups in total. The van der Waals surface area contributed by atoms with Gasteiger partial charge in [-0.2, -0.15) is 0 Å². The molecule has 74 valence electrons. The highest BCUT2D eigenvalue weighted by molar-refractivity contribution is 6.34. The first-order chi connectivity index (χ1) is 6.72. The number of fused-ring (bicyclic) bond motifs is 1. The van der Waals surface area contributed by atoms with E-state index in [1.165, 1.54) is 0 Å². The van der Waals surface area contributed by atoms with Gasteiger partial charge in [-0.15, -0.1) is 0 Å². The van der Waals surface area contributed by atoms with Gasteiger partial charge in [-0.1, -0.05) is 16.8 Å². The summed E-state index contributed by atoms with van der Waals surface area (Å²) in [5, 5.41) is 5.44. The molecule has 0 bridgehead atoms. The van der Waals surface area contributed by atoms with E-state index in [1.807, 2.05) is 19.1 Å². The second-order valence-corrected chi connectivity index (χ2v) is 3.67. The highest BCUT2D eigenvalue weighted by atomic mass is 35.5. The number of rotatable bonds is 2. The summed E-state index contributed by atoms with van der Waals surface area (Å²) in [6.45, 7) is 2.51. The molecule has 0 fully saturated rings. The molecule has 0 aliphatic rings. The van der Waals surface area contributed by atoms with Gasteiger partial charge in [0.25, 0.3) is 0 Å². The van der Waals surface area contributed by atoms with Crippen LogP contribution >= 0.6 is 11.6 Å². The van der Waals surface area contributed by atoms with Gasteiger partial charge in [0.2, 0.25) is 0 Å². The quantitative estimate of drug-likeness (QED) is 0.828. The lowest BCUT2D eigenvalue weighted by molar-refractivity contribution is 0.450. The SMILES string of the molecule is Cc1noc2c(Cl)cc(CCN)cc12. The topological polar surface area (TPSA) is 52.0 Å². The van der Waals surface area contributed by atoms with E-state index >= 15 is 0 Å². The van der Waals surface area contributed by atoms with Crippen molar-refractivity contribution >= 4 is 22.6 Å². The van der Waals surface area contributed by atoms with Crippen LogP contribution in [0.1, 0.15) is 11.3 Å². The molecule has 0 radical (unpaired) electrons.